The van der Waals surface area contributed by atoms with Crippen LogP contribution in [0.1, 0.15) is 5.56 Å². The Balaban J connectivity index is 2.22. The van der Waals surface area contributed by atoms with Crippen LogP contribution in [0.2, 0.25) is 0 Å². The van der Waals surface area contributed by atoms with Crippen molar-refractivity contribution in [1.82, 2.24) is 10.0 Å². The van der Waals surface area contributed by atoms with Crippen molar-refractivity contribution in [3.05, 3.63) is 70.3 Å². The fraction of sp³-hybridized carbons (Fsp3) is 0.188. The molecule has 2 N–H and O–H groups in total. The molecule has 0 aliphatic heterocycles. The van der Waals surface area contributed by atoms with Crippen LogP contribution in [-0.2, 0) is 21.2 Å². The molecule has 0 fully saturated rings. The van der Waals surface area contributed by atoms with Gasteiger partial charge in [0, 0.05) is 19.2 Å². The molecule has 8 nitrogen and oxygen atoms in total. The first-order valence-electron chi connectivity index (χ1n) is 7.36. The van der Waals surface area contributed by atoms with Gasteiger partial charge in [-0.2, -0.15) is 4.72 Å². The third-order valence-electron chi connectivity index (χ3n) is 3.50. The Morgan fingerprint density at radius 3 is 2.24 bits per heavy atom. The smallest absolute Gasteiger partial charge is 0.269 e. The molecule has 0 aliphatic rings. The van der Waals surface area contributed by atoms with E-state index in [1.165, 1.54) is 43.4 Å². The van der Waals surface area contributed by atoms with Gasteiger partial charge in [-0.15, -0.1) is 0 Å². The number of sulfonamides is 1. The largest absolute Gasteiger partial charge is 0.358 e. The molecular weight excluding hydrogens is 346 g/mol. The summed E-state index contributed by atoms with van der Waals surface area (Å²) in [5.41, 5.74) is 0.514. The van der Waals surface area contributed by atoms with Gasteiger partial charge < -0.3 is 5.32 Å². The molecule has 2 aromatic carbocycles. The zero-order chi connectivity index (χ0) is 18.4. The van der Waals surface area contributed by atoms with E-state index in [0.29, 0.717) is 5.56 Å². The van der Waals surface area contributed by atoms with Crippen LogP contribution in [-0.4, -0.2) is 32.3 Å². The summed E-state index contributed by atoms with van der Waals surface area (Å²) >= 11 is 0. The fourth-order valence-corrected chi connectivity index (χ4v) is 3.42. The first-order chi connectivity index (χ1) is 11.8. The van der Waals surface area contributed by atoms with Crippen LogP contribution >= 0.6 is 0 Å². The molecule has 1 atom stereocenters. The van der Waals surface area contributed by atoms with Crippen molar-refractivity contribution >= 4 is 21.6 Å². The molecule has 0 saturated heterocycles. The maximum absolute atomic E-state index is 12.4. The average molecular weight is 363 g/mol. The average Bonchev–Trinajstić information content (AvgIpc) is 2.61. The number of nitro groups is 1. The SMILES string of the molecule is CNC(=O)[C@H](Cc1ccc([N+](=O)[O-])cc1)NS(=O)(=O)c1ccccc1. The highest BCUT2D eigenvalue weighted by molar-refractivity contribution is 7.89. The van der Waals surface area contributed by atoms with Crippen LogP contribution in [0.5, 0.6) is 0 Å². The van der Waals surface area contributed by atoms with Crippen LogP contribution in [0.25, 0.3) is 0 Å². The molecule has 2 rings (SSSR count). The second-order valence-electron chi connectivity index (χ2n) is 5.23. The first-order valence-corrected chi connectivity index (χ1v) is 8.84. The Hall–Kier alpha value is -2.78. The molecular formula is C16H17N3O5S. The van der Waals surface area contributed by atoms with Crippen molar-refractivity contribution in [3.63, 3.8) is 0 Å². The monoisotopic (exact) mass is 363 g/mol. The van der Waals surface area contributed by atoms with Crippen LogP contribution in [0, 0.1) is 10.1 Å². The normalized spacial score (nSPS) is 12.4. The number of benzene rings is 2. The molecule has 2 aromatic rings. The Morgan fingerprint density at radius 2 is 1.72 bits per heavy atom. The summed E-state index contributed by atoms with van der Waals surface area (Å²) < 4.78 is 27.2. The topological polar surface area (TPSA) is 118 Å². The lowest BCUT2D eigenvalue weighted by atomic mass is 10.1. The number of hydrogen-bond acceptors (Lipinski definition) is 5. The van der Waals surface area contributed by atoms with Crippen LogP contribution in [0.15, 0.2) is 59.5 Å². The molecule has 0 bridgehead atoms. The summed E-state index contributed by atoms with van der Waals surface area (Å²) in [5, 5.41) is 13.1. The first kappa shape index (κ1) is 18.6. The van der Waals surface area contributed by atoms with E-state index in [1.54, 1.807) is 18.2 Å². The van der Waals surface area contributed by atoms with Gasteiger partial charge in [-0.05, 0) is 24.1 Å². The standard InChI is InChI=1S/C16H17N3O5S/c1-17-16(20)15(11-12-7-9-13(10-8-12)19(21)22)18-25(23,24)14-5-3-2-4-6-14/h2-10,15,18H,11H2,1H3,(H,17,20)/t15-/m0/s1. The Kier molecular flexibility index (Phi) is 5.84. The quantitative estimate of drug-likeness (QED) is 0.566. The van der Waals surface area contributed by atoms with Crippen molar-refractivity contribution in [2.75, 3.05) is 7.05 Å². The van der Waals surface area contributed by atoms with Gasteiger partial charge in [-0.25, -0.2) is 8.42 Å². The van der Waals surface area contributed by atoms with Crippen molar-refractivity contribution in [2.24, 2.45) is 0 Å². The number of non-ortho nitro benzene ring substituents is 1. The van der Waals surface area contributed by atoms with Crippen molar-refractivity contribution in [3.8, 4) is 0 Å². The van der Waals surface area contributed by atoms with Gasteiger partial charge in [-0.3, -0.25) is 14.9 Å². The minimum absolute atomic E-state index is 0.0487. The molecule has 0 heterocycles. The zero-order valence-corrected chi connectivity index (χ0v) is 14.2. The van der Waals surface area contributed by atoms with E-state index in [-0.39, 0.29) is 17.0 Å². The lowest BCUT2D eigenvalue weighted by molar-refractivity contribution is -0.384. The maximum Gasteiger partial charge on any atom is 0.269 e. The summed E-state index contributed by atoms with van der Waals surface area (Å²) in [5.74, 6) is -0.502. The number of nitrogens with zero attached hydrogens (tertiary/aromatic N) is 1. The number of amides is 1. The molecule has 0 aromatic heterocycles. The highest BCUT2D eigenvalue weighted by Gasteiger charge is 2.25. The van der Waals surface area contributed by atoms with E-state index in [1.807, 2.05) is 0 Å². The maximum atomic E-state index is 12.4. The summed E-state index contributed by atoms with van der Waals surface area (Å²) in [6.45, 7) is 0. The summed E-state index contributed by atoms with van der Waals surface area (Å²) in [4.78, 5) is 22.3. The number of nitrogens with one attached hydrogen (secondary N) is 2. The van der Waals surface area contributed by atoms with E-state index < -0.39 is 26.9 Å². The van der Waals surface area contributed by atoms with E-state index in [0.717, 1.165) is 0 Å². The van der Waals surface area contributed by atoms with Crippen LogP contribution in [0.4, 0.5) is 5.69 Å². The van der Waals surface area contributed by atoms with E-state index in [9.17, 15) is 23.3 Å². The van der Waals surface area contributed by atoms with Crippen LogP contribution < -0.4 is 10.0 Å². The van der Waals surface area contributed by atoms with Crippen molar-refractivity contribution in [2.45, 2.75) is 17.4 Å². The summed E-state index contributed by atoms with van der Waals surface area (Å²) in [6.07, 6.45) is 0.0593. The minimum atomic E-state index is -3.88. The molecule has 0 radical (unpaired) electrons. The van der Waals surface area contributed by atoms with Gasteiger partial charge in [0.25, 0.3) is 5.69 Å². The lowest BCUT2D eigenvalue weighted by Gasteiger charge is -2.17. The van der Waals surface area contributed by atoms with Crippen molar-refractivity contribution < 1.29 is 18.1 Å². The highest BCUT2D eigenvalue weighted by atomic mass is 32.2. The minimum Gasteiger partial charge on any atom is -0.358 e. The van der Waals surface area contributed by atoms with Crippen LogP contribution in [0.3, 0.4) is 0 Å². The predicted molar refractivity (Wildman–Crippen MR) is 91.4 cm³/mol. The fourth-order valence-electron chi connectivity index (χ4n) is 2.21. The van der Waals surface area contributed by atoms with E-state index in [2.05, 4.69) is 10.0 Å². The molecule has 0 saturated carbocycles. The van der Waals surface area contributed by atoms with E-state index in [4.69, 9.17) is 0 Å². The van der Waals surface area contributed by atoms with Gasteiger partial charge in [-0.1, -0.05) is 30.3 Å². The molecule has 0 aliphatic carbocycles. The number of carbonyl (C=O) groups excluding carboxylic acids is 1. The third kappa shape index (κ3) is 4.85. The number of likely N-dealkylation sites (N-methyl/N-ethyl adjacent to an activating group) is 1. The van der Waals surface area contributed by atoms with Gasteiger partial charge in [0.2, 0.25) is 15.9 Å². The Morgan fingerprint density at radius 1 is 1.12 bits per heavy atom. The molecule has 25 heavy (non-hydrogen) atoms. The third-order valence-corrected chi connectivity index (χ3v) is 4.99. The van der Waals surface area contributed by atoms with Gasteiger partial charge in [0.15, 0.2) is 0 Å². The zero-order valence-electron chi connectivity index (χ0n) is 13.4. The second-order valence-corrected chi connectivity index (χ2v) is 6.94. The Labute approximate surface area is 145 Å². The molecule has 9 heteroatoms. The number of rotatable bonds is 7. The molecule has 1 amide bonds. The van der Waals surface area contributed by atoms with Gasteiger partial charge in [0.05, 0.1) is 9.82 Å². The van der Waals surface area contributed by atoms with Gasteiger partial charge >= 0.3 is 0 Å². The summed E-state index contributed by atoms with van der Waals surface area (Å²) in [7, 11) is -2.47. The van der Waals surface area contributed by atoms with Crippen molar-refractivity contribution in [1.29, 1.82) is 0 Å². The Bertz CT molecular complexity index is 851. The molecule has 132 valence electrons. The molecule has 0 spiro atoms. The molecule has 0 unspecified atom stereocenters. The van der Waals surface area contributed by atoms with Gasteiger partial charge in [0.1, 0.15) is 6.04 Å². The number of nitro benzene ring substituents is 1. The number of carbonyl (C=O) groups is 1. The predicted octanol–water partition coefficient (Wildman–Crippen LogP) is 1.23. The second kappa shape index (κ2) is 7.86. The van der Waals surface area contributed by atoms with E-state index >= 15 is 0 Å². The lowest BCUT2D eigenvalue weighted by Crippen LogP contribution is -2.46. The highest BCUT2D eigenvalue weighted by Crippen LogP contribution is 2.15. The number of hydrogen-bond donors (Lipinski definition) is 2. The summed E-state index contributed by atoms with van der Waals surface area (Å²) in [6, 6.07) is 12.3.